The van der Waals surface area contributed by atoms with Crippen LogP contribution in [0.15, 0.2) is 0 Å². The van der Waals surface area contributed by atoms with E-state index in [9.17, 15) is 39.6 Å². The number of hydrogen-bond acceptors (Lipinski definition) is 10. The average Bonchev–Trinajstić information content (AvgIpc) is 2.87. The van der Waals surface area contributed by atoms with E-state index in [4.69, 9.17) is 5.11 Å². The predicted molar refractivity (Wildman–Crippen MR) is 138 cm³/mol. The Balaban J connectivity index is 4.85. The standard InChI is InChI=1S/C24H47N5O9/c1-12(2)9-27-22(36)14(5)28-24(38)19(13(3)4)29-23(37)15(25-6)7-8-18(33)26-10-16(31)20(34)21(35)17(32)11-30/h12-17,19-21,25,30-32,34-35H,7-11H2,1-6H3,(H,26,33)(H,27,36)(H,28,38)(H,29,37)/t14-,15-,16-,17+,19-,20+,21+/m0/s1. The molecule has 10 N–H and O–H groups in total. The second kappa shape index (κ2) is 18.0. The molecule has 0 unspecified atom stereocenters. The van der Waals surface area contributed by atoms with Crippen LogP contribution in [-0.2, 0) is 19.2 Å². The first-order valence-corrected chi connectivity index (χ1v) is 12.8. The summed E-state index contributed by atoms with van der Waals surface area (Å²) in [6.45, 7) is 8.13. The van der Waals surface area contributed by atoms with Crippen LogP contribution < -0.4 is 26.6 Å². The number of aliphatic hydroxyl groups excluding tert-OH is 5. The van der Waals surface area contributed by atoms with Crippen LogP contribution in [0.3, 0.4) is 0 Å². The van der Waals surface area contributed by atoms with Crippen molar-refractivity contribution in [3.05, 3.63) is 0 Å². The number of hydrogen-bond donors (Lipinski definition) is 10. The van der Waals surface area contributed by atoms with Crippen LogP contribution in [-0.4, -0.2) is 118 Å². The molecule has 0 aromatic heterocycles. The first kappa shape index (κ1) is 35.6. The Bertz CT molecular complexity index is 753. The zero-order valence-electron chi connectivity index (χ0n) is 23.1. The van der Waals surface area contributed by atoms with Crippen molar-refractivity contribution in [2.24, 2.45) is 11.8 Å². The SMILES string of the molecule is CN[C@@H](CCC(=O)NC[C@H](O)[C@@H](O)[C@H](O)[C@H](O)CO)C(=O)N[C@H](C(=O)N[C@@H](C)C(=O)NCC(C)C)C(C)C. The van der Waals surface area contributed by atoms with Crippen LogP contribution >= 0.6 is 0 Å². The minimum absolute atomic E-state index is 0.0408. The lowest BCUT2D eigenvalue weighted by Gasteiger charge is -2.26. The maximum atomic E-state index is 12.8. The quantitative estimate of drug-likeness (QED) is 0.0805. The fraction of sp³-hybridized carbons (Fsp3) is 0.833. The molecule has 0 heterocycles. The molecule has 0 aromatic rings. The molecule has 14 nitrogen and oxygen atoms in total. The van der Waals surface area contributed by atoms with E-state index in [0.29, 0.717) is 6.54 Å². The molecule has 0 aromatic carbocycles. The van der Waals surface area contributed by atoms with Crippen LogP contribution in [0.4, 0.5) is 0 Å². The molecule has 0 aliphatic heterocycles. The summed E-state index contributed by atoms with van der Waals surface area (Å²) in [6.07, 6.45) is -7.00. The van der Waals surface area contributed by atoms with Gasteiger partial charge in [-0.25, -0.2) is 0 Å². The Morgan fingerprint density at radius 3 is 1.82 bits per heavy atom. The smallest absolute Gasteiger partial charge is 0.243 e. The van der Waals surface area contributed by atoms with Gasteiger partial charge < -0.3 is 52.1 Å². The monoisotopic (exact) mass is 549 g/mol. The van der Waals surface area contributed by atoms with E-state index < -0.39 is 73.4 Å². The van der Waals surface area contributed by atoms with Gasteiger partial charge >= 0.3 is 0 Å². The largest absolute Gasteiger partial charge is 0.394 e. The Morgan fingerprint density at radius 1 is 0.737 bits per heavy atom. The summed E-state index contributed by atoms with van der Waals surface area (Å²) in [4.78, 5) is 50.0. The number of carbonyl (C=O) groups excluding carboxylic acids is 4. The maximum absolute atomic E-state index is 12.8. The minimum Gasteiger partial charge on any atom is -0.394 e. The van der Waals surface area contributed by atoms with Crippen LogP contribution in [0.2, 0.25) is 0 Å². The lowest BCUT2D eigenvalue weighted by Crippen LogP contribution is -2.57. The van der Waals surface area contributed by atoms with Crippen molar-refractivity contribution in [1.29, 1.82) is 0 Å². The van der Waals surface area contributed by atoms with Gasteiger partial charge in [-0.2, -0.15) is 0 Å². The van der Waals surface area contributed by atoms with E-state index in [2.05, 4.69) is 26.6 Å². The molecule has 222 valence electrons. The Hall–Kier alpha value is -2.36. The molecule has 0 radical (unpaired) electrons. The summed E-state index contributed by atoms with van der Waals surface area (Å²) in [5, 5.41) is 60.6. The van der Waals surface area contributed by atoms with E-state index >= 15 is 0 Å². The normalized spacial score (nSPS) is 17.1. The third kappa shape index (κ3) is 12.9. The Kier molecular flexibility index (Phi) is 16.9. The molecule has 14 heteroatoms. The second-order valence-electron chi connectivity index (χ2n) is 10.1. The van der Waals surface area contributed by atoms with E-state index in [-0.39, 0.29) is 30.6 Å². The molecule has 0 spiro atoms. The molecule has 0 aliphatic rings. The maximum Gasteiger partial charge on any atom is 0.243 e. The second-order valence-corrected chi connectivity index (χ2v) is 10.1. The van der Waals surface area contributed by atoms with Gasteiger partial charge in [0.25, 0.3) is 0 Å². The van der Waals surface area contributed by atoms with Gasteiger partial charge in [0.1, 0.15) is 30.4 Å². The van der Waals surface area contributed by atoms with Crippen LogP contribution in [0.5, 0.6) is 0 Å². The Morgan fingerprint density at radius 2 is 1.32 bits per heavy atom. The molecule has 0 saturated carbocycles. The molecule has 0 saturated heterocycles. The number of rotatable bonds is 18. The van der Waals surface area contributed by atoms with Gasteiger partial charge in [0.05, 0.1) is 18.8 Å². The highest BCUT2D eigenvalue weighted by molar-refractivity contribution is 5.93. The highest BCUT2D eigenvalue weighted by Gasteiger charge is 2.31. The number of likely N-dealkylation sites (N-methyl/N-ethyl adjacent to an activating group) is 1. The van der Waals surface area contributed by atoms with Crippen molar-refractivity contribution >= 4 is 23.6 Å². The fourth-order valence-corrected chi connectivity index (χ4v) is 3.29. The molecule has 0 aliphatic carbocycles. The van der Waals surface area contributed by atoms with Gasteiger partial charge in [-0.1, -0.05) is 27.7 Å². The third-order valence-corrected chi connectivity index (χ3v) is 5.84. The summed E-state index contributed by atoms with van der Waals surface area (Å²) >= 11 is 0. The lowest BCUT2D eigenvalue weighted by molar-refractivity contribution is -0.133. The van der Waals surface area contributed by atoms with Crippen molar-refractivity contribution in [2.75, 3.05) is 26.7 Å². The Labute approximate surface area is 223 Å². The van der Waals surface area contributed by atoms with Crippen molar-refractivity contribution < 1.29 is 44.7 Å². The van der Waals surface area contributed by atoms with E-state index in [1.165, 1.54) is 7.05 Å². The van der Waals surface area contributed by atoms with Crippen LogP contribution in [0, 0.1) is 11.8 Å². The van der Waals surface area contributed by atoms with E-state index in [0.717, 1.165) is 0 Å². The summed E-state index contributed by atoms with van der Waals surface area (Å²) in [7, 11) is 1.52. The van der Waals surface area contributed by atoms with Crippen molar-refractivity contribution in [3.8, 4) is 0 Å². The summed E-state index contributed by atoms with van der Waals surface area (Å²) in [6, 6.07) is -2.56. The topological polar surface area (TPSA) is 230 Å². The highest BCUT2D eigenvalue weighted by Crippen LogP contribution is 2.07. The number of nitrogens with one attached hydrogen (secondary N) is 5. The molecular weight excluding hydrogens is 502 g/mol. The number of aliphatic hydroxyl groups is 5. The molecule has 38 heavy (non-hydrogen) atoms. The molecular formula is C24H47N5O9. The fourth-order valence-electron chi connectivity index (χ4n) is 3.29. The molecule has 7 atom stereocenters. The lowest BCUT2D eigenvalue weighted by atomic mass is 10.0. The zero-order chi connectivity index (χ0) is 29.6. The van der Waals surface area contributed by atoms with Crippen LogP contribution in [0.25, 0.3) is 0 Å². The minimum atomic E-state index is -1.81. The summed E-state index contributed by atoms with van der Waals surface area (Å²) < 4.78 is 0. The third-order valence-electron chi connectivity index (χ3n) is 5.84. The van der Waals surface area contributed by atoms with Crippen molar-refractivity contribution in [2.45, 2.75) is 90.0 Å². The van der Waals surface area contributed by atoms with Gasteiger partial charge in [-0.15, -0.1) is 0 Å². The van der Waals surface area contributed by atoms with E-state index in [1.54, 1.807) is 20.8 Å². The molecule has 0 bridgehead atoms. The molecule has 0 fully saturated rings. The zero-order valence-corrected chi connectivity index (χ0v) is 23.1. The van der Waals surface area contributed by atoms with Gasteiger partial charge in [0.2, 0.25) is 23.6 Å². The highest BCUT2D eigenvalue weighted by atomic mass is 16.4. The van der Waals surface area contributed by atoms with E-state index in [1.807, 2.05) is 13.8 Å². The van der Waals surface area contributed by atoms with Gasteiger partial charge in [0, 0.05) is 19.5 Å². The number of carbonyl (C=O) groups is 4. The van der Waals surface area contributed by atoms with Crippen molar-refractivity contribution in [1.82, 2.24) is 26.6 Å². The van der Waals surface area contributed by atoms with Crippen LogP contribution in [0.1, 0.15) is 47.5 Å². The average molecular weight is 550 g/mol. The molecule has 0 rings (SSSR count). The first-order valence-electron chi connectivity index (χ1n) is 12.8. The molecule has 4 amide bonds. The van der Waals surface area contributed by atoms with Gasteiger partial charge in [-0.3, -0.25) is 19.2 Å². The van der Waals surface area contributed by atoms with Gasteiger partial charge in [-0.05, 0) is 32.2 Å². The first-order chi connectivity index (χ1) is 17.7. The number of amides is 4. The van der Waals surface area contributed by atoms with Gasteiger partial charge in [0.15, 0.2) is 0 Å². The summed E-state index contributed by atoms with van der Waals surface area (Å²) in [5.74, 6) is -1.98. The summed E-state index contributed by atoms with van der Waals surface area (Å²) in [5.41, 5.74) is 0. The predicted octanol–water partition coefficient (Wildman–Crippen LogP) is -3.68. The van der Waals surface area contributed by atoms with Crippen molar-refractivity contribution in [3.63, 3.8) is 0 Å².